The van der Waals surface area contributed by atoms with E-state index in [0.717, 1.165) is 122 Å². The third kappa shape index (κ3) is 7.86. The predicted molar refractivity (Wildman–Crippen MR) is 362 cm³/mol. The van der Waals surface area contributed by atoms with Gasteiger partial charge in [0, 0.05) is 88.6 Å². The van der Waals surface area contributed by atoms with Crippen molar-refractivity contribution in [3.63, 3.8) is 0 Å². The summed E-state index contributed by atoms with van der Waals surface area (Å²) >= 11 is 0. The summed E-state index contributed by atoms with van der Waals surface area (Å²) < 4.78 is 18.7. The molecular formula is C80H58N4O2. The Morgan fingerprint density at radius 2 is 0.616 bits per heavy atom. The summed E-state index contributed by atoms with van der Waals surface area (Å²) in [6, 6.07) is 97.7. The van der Waals surface area contributed by atoms with Gasteiger partial charge >= 0.3 is 0 Å². The molecule has 0 spiro atoms. The summed E-state index contributed by atoms with van der Waals surface area (Å²) in [5.41, 5.74) is 19.1. The van der Waals surface area contributed by atoms with Crippen molar-refractivity contribution in [3.05, 3.63) is 278 Å². The van der Waals surface area contributed by atoms with Crippen molar-refractivity contribution >= 4 is 143 Å². The van der Waals surface area contributed by atoms with Crippen LogP contribution < -0.4 is 9.80 Å². The van der Waals surface area contributed by atoms with E-state index in [1.54, 1.807) is 0 Å². The maximum Gasteiger partial charge on any atom is 0.178 e. The number of anilines is 6. The SMILES string of the molecule is CC(C)c1ccc(N(c2ccc3cc4c(cc3c2)oc2c4ccc3c4cc5ccc(N(c6ccc(C(C)C)cc6)c6ccc7c8ccccc8n(-c8ccccc8)c7c6)cc5cc4oc32)c2ccc3c4ccccc4n(-c4ccccc4)c3c2)cc1. The lowest BCUT2D eigenvalue weighted by atomic mass is 10.0. The normalized spacial score (nSPS) is 12.2. The second-order valence-electron chi connectivity index (χ2n) is 23.7. The van der Waals surface area contributed by atoms with E-state index in [4.69, 9.17) is 8.83 Å². The van der Waals surface area contributed by atoms with Gasteiger partial charge in [-0.3, -0.25) is 0 Å². The highest BCUT2D eigenvalue weighted by Crippen LogP contribution is 2.46. The van der Waals surface area contributed by atoms with E-state index in [1.165, 1.54) is 43.7 Å². The Morgan fingerprint density at radius 1 is 0.267 bits per heavy atom. The molecule has 6 nitrogen and oxygen atoms in total. The maximum atomic E-state index is 6.98. The highest BCUT2D eigenvalue weighted by molar-refractivity contribution is 6.22. The van der Waals surface area contributed by atoms with Gasteiger partial charge in [0.2, 0.25) is 0 Å². The first-order valence-electron chi connectivity index (χ1n) is 29.9. The third-order valence-corrected chi connectivity index (χ3v) is 18.0. The molecule has 0 saturated heterocycles. The second kappa shape index (κ2) is 19.4. The number of rotatable bonds is 10. The molecule has 17 rings (SSSR count). The summed E-state index contributed by atoms with van der Waals surface area (Å²) in [5, 5.41) is 13.5. The molecule has 0 aliphatic carbocycles. The van der Waals surface area contributed by atoms with Crippen LogP contribution in [0.2, 0.25) is 0 Å². The molecule has 0 saturated carbocycles. The highest BCUT2D eigenvalue weighted by Gasteiger charge is 2.23. The minimum absolute atomic E-state index is 0.418. The van der Waals surface area contributed by atoms with E-state index in [9.17, 15) is 0 Å². The summed E-state index contributed by atoms with van der Waals surface area (Å²) in [4.78, 5) is 4.77. The average Bonchev–Trinajstić information content (AvgIpc) is 1.74. The van der Waals surface area contributed by atoms with Gasteiger partial charge in [-0.25, -0.2) is 0 Å². The Kier molecular flexibility index (Phi) is 11.2. The van der Waals surface area contributed by atoms with Gasteiger partial charge in [0.1, 0.15) is 11.2 Å². The maximum absolute atomic E-state index is 6.98. The number of hydrogen-bond donors (Lipinski definition) is 0. The van der Waals surface area contributed by atoms with Crippen LogP contribution in [0.15, 0.2) is 276 Å². The van der Waals surface area contributed by atoms with E-state index in [-0.39, 0.29) is 0 Å². The Bertz CT molecular complexity index is 5190. The van der Waals surface area contributed by atoms with Gasteiger partial charge in [0.05, 0.1) is 22.1 Å². The van der Waals surface area contributed by atoms with Gasteiger partial charge in [-0.2, -0.15) is 0 Å². The van der Waals surface area contributed by atoms with Crippen molar-refractivity contribution in [2.45, 2.75) is 39.5 Å². The highest BCUT2D eigenvalue weighted by atomic mass is 16.4. The quantitative estimate of drug-likeness (QED) is 0.137. The first-order chi connectivity index (χ1) is 42.3. The Hall–Kier alpha value is -10.8. The summed E-state index contributed by atoms with van der Waals surface area (Å²) in [5.74, 6) is 0.836. The smallest absolute Gasteiger partial charge is 0.178 e. The molecule has 0 unspecified atom stereocenters. The number of aromatic nitrogens is 2. The lowest BCUT2D eigenvalue weighted by Crippen LogP contribution is -2.10. The van der Waals surface area contributed by atoms with E-state index in [1.807, 2.05) is 0 Å². The van der Waals surface area contributed by atoms with Crippen LogP contribution in [0.5, 0.6) is 0 Å². The van der Waals surface area contributed by atoms with Crippen LogP contribution in [0.1, 0.15) is 50.7 Å². The fourth-order valence-corrected chi connectivity index (χ4v) is 13.6. The molecular weight excluding hydrogens is 1050 g/mol. The molecule has 0 radical (unpaired) electrons. The van der Waals surface area contributed by atoms with E-state index >= 15 is 0 Å². The average molecular weight is 1110 g/mol. The van der Waals surface area contributed by atoms with Crippen molar-refractivity contribution in [2.75, 3.05) is 9.80 Å². The van der Waals surface area contributed by atoms with E-state index in [0.29, 0.717) is 11.8 Å². The monoisotopic (exact) mass is 1110 g/mol. The largest absolute Gasteiger partial charge is 0.452 e. The van der Waals surface area contributed by atoms with E-state index < -0.39 is 0 Å². The zero-order valence-corrected chi connectivity index (χ0v) is 48.2. The molecule has 86 heavy (non-hydrogen) atoms. The lowest BCUT2D eigenvalue weighted by molar-refractivity contribution is 0.634. The van der Waals surface area contributed by atoms with Crippen LogP contribution in [-0.4, -0.2) is 9.13 Å². The van der Waals surface area contributed by atoms with E-state index in [2.05, 4.69) is 314 Å². The summed E-state index contributed by atoms with van der Waals surface area (Å²) in [6.07, 6.45) is 0. The van der Waals surface area contributed by atoms with Crippen molar-refractivity contribution in [3.8, 4) is 11.4 Å². The van der Waals surface area contributed by atoms with Crippen LogP contribution in [0.4, 0.5) is 34.1 Å². The molecule has 410 valence electrons. The molecule has 0 aliphatic heterocycles. The number of nitrogens with zero attached hydrogens (tertiary/aromatic N) is 4. The molecule has 0 bridgehead atoms. The molecule has 13 aromatic carbocycles. The van der Waals surface area contributed by atoms with Crippen LogP contribution in [-0.2, 0) is 0 Å². The third-order valence-electron chi connectivity index (χ3n) is 18.0. The van der Waals surface area contributed by atoms with Crippen molar-refractivity contribution in [2.24, 2.45) is 0 Å². The Balaban J connectivity index is 0.777. The van der Waals surface area contributed by atoms with Gasteiger partial charge in [0.25, 0.3) is 0 Å². The van der Waals surface area contributed by atoms with Gasteiger partial charge < -0.3 is 27.8 Å². The van der Waals surface area contributed by atoms with Crippen LogP contribution in [0.3, 0.4) is 0 Å². The zero-order valence-electron chi connectivity index (χ0n) is 48.2. The standard InChI is InChI=1S/C80H58N4O2/c1-49(2)51-23-29-59(30-24-51)81(63-35-37-67-65-19-11-13-21-73(65)83(75(67)47-63)57-15-7-5-8-16-57)61-33-27-53-43-71-69-39-40-70-72-44-54-28-34-62(42-56(54)46-78(72)86-80(70)79(69)85-77(71)45-55(53)41-61)82(60-31-25-52(26-32-60)50(3)4)64-36-38-68-66-20-12-14-22-74(66)84(76(68)48-64)58-17-9-6-10-18-58/h5-50H,1-4H3. The fourth-order valence-electron chi connectivity index (χ4n) is 13.6. The Labute approximate surface area is 497 Å². The molecule has 17 aromatic rings. The number of fused-ring (bicyclic) bond motifs is 15. The molecule has 0 N–H and O–H groups in total. The minimum atomic E-state index is 0.418. The zero-order chi connectivity index (χ0) is 57.3. The topological polar surface area (TPSA) is 42.6 Å². The number of furan rings is 2. The van der Waals surface area contributed by atoms with Crippen molar-refractivity contribution in [1.29, 1.82) is 0 Å². The van der Waals surface area contributed by atoms with Gasteiger partial charge in [-0.15, -0.1) is 0 Å². The van der Waals surface area contributed by atoms with Crippen LogP contribution in [0.25, 0.3) is 120 Å². The molecule has 0 amide bonds. The van der Waals surface area contributed by atoms with Gasteiger partial charge in [-0.05, 0) is 190 Å². The first kappa shape index (κ1) is 49.8. The van der Waals surface area contributed by atoms with Crippen LogP contribution in [0, 0.1) is 0 Å². The van der Waals surface area contributed by atoms with Gasteiger partial charge in [-0.1, -0.05) is 149 Å². The van der Waals surface area contributed by atoms with Crippen molar-refractivity contribution < 1.29 is 8.83 Å². The molecule has 0 fully saturated rings. The predicted octanol–water partition coefficient (Wildman–Crippen LogP) is 23.2. The summed E-state index contributed by atoms with van der Waals surface area (Å²) in [7, 11) is 0. The number of benzene rings is 13. The van der Waals surface area contributed by atoms with Crippen molar-refractivity contribution in [1.82, 2.24) is 9.13 Å². The number of hydrogen-bond acceptors (Lipinski definition) is 4. The molecule has 0 atom stereocenters. The summed E-state index contributed by atoms with van der Waals surface area (Å²) in [6.45, 7) is 8.99. The first-order valence-corrected chi connectivity index (χ1v) is 29.9. The molecule has 4 aromatic heterocycles. The number of para-hydroxylation sites is 4. The lowest BCUT2D eigenvalue weighted by Gasteiger charge is -2.26. The van der Waals surface area contributed by atoms with Crippen LogP contribution >= 0.6 is 0 Å². The molecule has 0 aliphatic rings. The molecule has 4 heterocycles. The van der Waals surface area contributed by atoms with Gasteiger partial charge in [0.15, 0.2) is 11.2 Å². The second-order valence-corrected chi connectivity index (χ2v) is 23.7. The minimum Gasteiger partial charge on any atom is -0.452 e. The molecule has 6 heteroatoms. The fraction of sp³-hybridized carbons (Fsp3) is 0.0750. The Morgan fingerprint density at radius 3 is 1.03 bits per heavy atom.